The van der Waals surface area contributed by atoms with Gasteiger partial charge in [-0.1, -0.05) is 15.9 Å². The summed E-state index contributed by atoms with van der Waals surface area (Å²) >= 11 is 3.37. The highest BCUT2D eigenvalue weighted by molar-refractivity contribution is 9.10. The van der Waals surface area contributed by atoms with Crippen LogP contribution in [-0.2, 0) is 10.0 Å². The van der Waals surface area contributed by atoms with E-state index in [1.54, 1.807) is 18.2 Å². The molecule has 2 aromatic carbocycles. The zero-order valence-electron chi connectivity index (χ0n) is 13.4. The fraction of sp³-hybridized carbons (Fsp3) is 0.188. The van der Waals surface area contributed by atoms with E-state index in [0.29, 0.717) is 11.4 Å². The van der Waals surface area contributed by atoms with E-state index < -0.39 is 15.9 Å². The molecular weight excluding hydrogens is 396 g/mol. The molecule has 0 atom stereocenters. The lowest BCUT2D eigenvalue weighted by Gasteiger charge is -2.12. The summed E-state index contributed by atoms with van der Waals surface area (Å²) in [5.41, 5.74) is 1.49. The van der Waals surface area contributed by atoms with Crippen molar-refractivity contribution < 1.29 is 17.9 Å². The van der Waals surface area contributed by atoms with Crippen molar-refractivity contribution in [1.82, 2.24) is 5.32 Å². The largest absolute Gasteiger partial charge is 0.496 e. The number of anilines is 1. The fourth-order valence-corrected chi connectivity index (χ4v) is 3.41. The number of carbonyl (C=O) groups is 1. The van der Waals surface area contributed by atoms with E-state index in [1.165, 1.54) is 32.4 Å². The van der Waals surface area contributed by atoms with E-state index in [0.717, 1.165) is 10.0 Å². The molecule has 0 saturated heterocycles. The number of methoxy groups -OCH3 is 1. The lowest BCUT2D eigenvalue weighted by Crippen LogP contribution is -2.20. The molecule has 0 aliphatic rings. The summed E-state index contributed by atoms with van der Waals surface area (Å²) in [5.74, 6) is -0.129. The van der Waals surface area contributed by atoms with Crippen LogP contribution < -0.4 is 14.8 Å². The molecule has 0 spiro atoms. The SMILES string of the molecule is CNC(=O)c1cc(S(=O)(=O)Nc2ccc(Br)c(C)c2)ccc1OC. The molecule has 2 N–H and O–H groups in total. The second-order valence-electron chi connectivity index (χ2n) is 5.01. The topological polar surface area (TPSA) is 84.5 Å². The van der Waals surface area contributed by atoms with Crippen LogP contribution in [0.4, 0.5) is 5.69 Å². The van der Waals surface area contributed by atoms with Crippen LogP contribution in [0.5, 0.6) is 5.75 Å². The fourth-order valence-electron chi connectivity index (χ4n) is 2.09. The molecular formula is C16H17BrN2O4S. The van der Waals surface area contributed by atoms with Gasteiger partial charge in [-0.3, -0.25) is 9.52 Å². The third kappa shape index (κ3) is 3.88. The molecule has 0 aliphatic carbocycles. The number of carbonyl (C=O) groups excluding carboxylic acids is 1. The lowest BCUT2D eigenvalue weighted by atomic mass is 10.2. The Kier molecular flexibility index (Phi) is 5.51. The van der Waals surface area contributed by atoms with Crippen LogP contribution in [0.1, 0.15) is 15.9 Å². The van der Waals surface area contributed by atoms with E-state index in [9.17, 15) is 13.2 Å². The molecule has 0 aromatic heterocycles. The minimum atomic E-state index is -3.83. The summed E-state index contributed by atoms with van der Waals surface area (Å²) in [6, 6.07) is 9.25. The summed E-state index contributed by atoms with van der Waals surface area (Å²) in [7, 11) is -0.953. The molecule has 0 bridgehead atoms. The van der Waals surface area contributed by atoms with Gasteiger partial charge in [0.2, 0.25) is 0 Å². The molecule has 2 aromatic rings. The summed E-state index contributed by atoms with van der Waals surface area (Å²) in [6.07, 6.45) is 0. The number of sulfonamides is 1. The predicted molar refractivity (Wildman–Crippen MR) is 96.1 cm³/mol. The van der Waals surface area contributed by atoms with Crippen LogP contribution in [0.3, 0.4) is 0 Å². The van der Waals surface area contributed by atoms with Gasteiger partial charge in [-0.25, -0.2) is 8.42 Å². The van der Waals surface area contributed by atoms with Crippen LogP contribution in [0.2, 0.25) is 0 Å². The summed E-state index contributed by atoms with van der Waals surface area (Å²) in [4.78, 5) is 11.9. The highest BCUT2D eigenvalue weighted by Gasteiger charge is 2.19. The van der Waals surface area contributed by atoms with Crippen molar-refractivity contribution in [1.29, 1.82) is 0 Å². The Balaban J connectivity index is 2.41. The first-order valence-corrected chi connectivity index (χ1v) is 9.25. The molecule has 24 heavy (non-hydrogen) atoms. The predicted octanol–water partition coefficient (Wildman–Crippen LogP) is 2.93. The van der Waals surface area contributed by atoms with E-state index in [2.05, 4.69) is 26.0 Å². The van der Waals surface area contributed by atoms with E-state index in [-0.39, 0.29) is 10.5 Å². The van der Waals surface area contributed by atoms with Gasteiger partial charge in [0, 0.05) is 17.2 Å². The first-order chi connectivity index (χ1) is 11.3. The van der Waals surface area contributed by atoms with Crippen molar-refractivity contribution in [3.8, 4) is 5.75 Å². The van der Waals surface area contributed by atoms with Gasteiger partial charge in [0.1, 0.15) is 5.75 Å². The number of ether oxygens (including phenoxy) is 1. The quantitative estimate of drug-likeness (QED) is 0.790. The van der Waals surface area contributed by atoms with Crippen molar-refractivity contribution in [2.24, 2.45) is 0 Å². The van der Waals surface area contributed by atoms with Crippen molar-refractivity contribution in [3.05, 3.63) is 52.0 Å². The Hall–Kier alpha value is -2.06. The molecule has 0 aliphatic heterocycles. The molecule has 0 fully saturated rings. The zero-order chi connectivity index (χ0) is 17.9. The van der Waals surface area contributed by atoms with Gasteiger partial charge in [0.05, 0.1) is 17.6 Å². The van der Waals surface area contributed by atoms with Gasteiger partial charge in [0.25, 0.3) is 15.9 Å². The Labute approximate surface area is 149 Å². The zero-order valence-corrected chi connectivity index (χ0v) is 15.8. The standard InChI is InChI=1S/C16H17BrN2O4S/c1-10-8-11(4-6-14(10)17)19-24(21,22)12-5-7-15(23-3)13(9-12)16(20)18-2/h4-9,19H,1-3H3,(H,18,20). The maximum atomic E-state index is 12.6. The molecule has 0 heterocycles. The summed E-state index contributed by atoms with van der Waals surface area (Å²) in [6.45, 7) is 1.86. The molecule has 2 rings (SSSR count). The van der Waals surface area contributed by atoms with Crippen LogP contribution >= 0.6 is 15.9 Å². The monoisotopic (exact) mass is 412 g/mol. The summed E-state index contributed by atoms with van der Waals surface area (Å²) in [5, 5.41) is 2.46. The van der Waals surface area contributed by atoms with E-state index in [1.807, 2.05) is 6.92 Å². The maximum absolute atomic E-state index is 12.6. The minimum Gasteiger partial charge on any atom is -0.496 e. The molecule has 8 heteroatoms. The number of hydrogen-bond acceptors (Lipinski definition) is 4. The maximum Gasteiger partial charge on any atom is 0.261 e. The molecule has 1 amide bonds. The Morgan fingerprint density at radius 3 is 2.46 bits per heavy atom. The van der Waals surface area contributed by atoms with Crippen molar-refractivity contribution >= 4 is 37.5 Å². The Morgan fingerprint density at radius 2 is 1.88 bits per heavy atom. The van der Waals surface area contributed by atoms with Gasteiger partial charge < -0.3 is 10.1 Å². The van der Waals surface area contributed by atoms with Crippen molar-refractivity contribution in [2.75, 3.05) is 18.9 Å². The number of amides is 1. The number of hydrogen-bond donors (Lipinski definition) is 2. The molecule has 0 radical (unpaired) electrons. The van der Waals surface area contributed by atoms with Crippen molar-refractivity contribution in [2.45, 2.75) is 11.8 Å². The number of halogens is 1. The number of rotatable bonds is 5. The number of nitrogens with one attached hydrogen (secondary N) is 2. The van der Waals surface area contributed by atoms with Gasteiger partial charge in [-0.15, -0.1) is 0 Å². The first kappa shape index (κ1) is 18.3. The average molecular weight is 413 g/mol. The third-order valence-electron chi connectivity index (χ3n) is 3.36. The number of aryl methyl sites for hydroxylation is 1. The molecule has 0 unspecified atom stereocenters. The summed E-state index contributed by atoms with van der Waals surface area (Å²) < 4.78 is 33.6. The highest BCUT2D eigenvalue weighted by Crippen LogP contribution is 2.25. The van der Waals surface area contributed by atoms with Crippen LogP contribution in [0, 0.1) is 6.92 Å². The van der Waals surface area contributed by atoms with E-state index in [4.69, 9.17) is 4.74 Å². The Morgan fingerprint density at radius 1 is 1.17 bits per heavy atom. The van der Waals surface area contributed by atoms with Gasteiger partial charge in [0.15, 0.2) is 0 Å². The minimum absolute atomic E-state index is 0.0255. The molecule has 6 nitrogen and oxygen atoms in total. The second kappa shape index (κ2) is 7.23. The highest BCUT2D eigenvalue weighted by atomic mass is 79.9. The average Bonchev–Trinajstić information content (AvgIpc) is 2.56. The van der Waals surface area contributed by atoms with Gasteiger partial charge in [-0.05, 0) is 48.9 Å². The molecule has 128 valence electrons. The van der Waals surface area contributed by atoms with Crippen molar-refractivity contribution in [3.63, 3.8) is 0 Å². The van der Waals surface area contributed by atoms with E-state index >= 15 is 0 Å². The van der Waals surface area contributed by atoms with Crippen LogP contribution in [0.15, 0.2) is 45.8 Å². The Bertz CT molecular complexity index is 882. The first-order valence-electron chi connectivity index (χ1n) is 6.97. The molecule has 0 saturated carbocycles. The van der Waals surface area contributed by atoms with Crippen LogP contribution in [-0.4, -0.2) is 28.5 Å². The van der Waals surface area contributed by atoms with Gasteiger partial charge in [-0.2, -0.15) is 0 Å². The smallest absolute Gasteiger partial charge is 0.261 e. The third-order valence-corrected chi connectivity index (χ3v) is 5.63. The lowest BCUT2D eigenvalue weighted by molar-refractivity contribution is 0.0960. The number of benzene rings is 2. The van der Waals surface area contributed by atoms with Crippen LogP contribution in [0.25, 0.3) is 0 Å². The van der Waals surface area contributed by atoms with Gasteiger partial charge >= 0.3 is 0 Å². The second-order valence-corrected chi connectivity index (χ2v) is 7.55. The normalized spacial score (nSPS) is 11.0.